The lowest BCUT2D eigenvalue weighted by molar-refractivity contribution is 1.18. The van der Waals surface area contributed by atoms with Crippen molar-refractivity contribution < 1.29 is 0 Å². The van der Waals surface area contributed by atoms with E-state index in [-0.39, 0.29) is 0 Å². The second-order valence-corrected chi connectivity index (χ2v) is 9.40. The molecular formula is C34H32N2. The van der Waals surface area contributed by atoms with E-state index in [1.165, 1.54) is 44.9 Å². The van der Waals surface area contributed by atoms with Gasteiger partial charge in [0.15, 0.2) is 0 Å². The Hall–Kier alpha value is -4.30. The maximum Gasteiger partial charge on any atom is 0.0491 e. The van der Waals surface area contributed by atoms with Crippen molar-refractivity contribution in [1.29, 1.82) is 0 Å². The third-order valence-corrected chi connectivity index (χ3v) is 6.78. The Kier molecular flexibility index (Phi) is 6.60. The molecule has 0 aliphatic rings. The molecule has 5 aromatic rings. The van der Waals surface area contributed by atoms with Gasteiger partial charge in [0, 0.05) is 35.5 Å². The molecule has 0 unspecified atom stereocenters. The maximum atomic E-state index is 2.34. The van der Waals surface area contributed by atoms with Crippen molar-refractivity contribution in [2.75, 3.05) is 16.8 Å². The molecule has 0 atom stereocenters. The smallest absolute Gasteiger partial charge is 0.0491 e. The highest BCUT2D eigenvalue weighted by atomic mass is 15.1. The van der Waals surface area contributed by atoms with Crippen LogP contribution in [0, 0.1) is 20.8 Å². The third-order valence-electron chi connectivity index (χ3n) is 6.78. The minimum atomic E-state index is 1.15. The molecule has 0 heterocycles. The minimum Gasteiger partial charge on any atom is -0.344 e. The van der Waals surface area contributed by atoms with Crippen LogP contribution in [-0.4, -0.2) is 7.05 Å². The van der Waals surface area contributed by atoms with Gasteiger partial charge in [0.05, 0.1) is 0 Å². The van der Waals surface area contributed by atoms with Gasteiger partial charge in [0.1, 0.15) is 0 Å². The number of hydrogen-bond acceptors (Lipinski definition) is 2. The lowest BCUT2D eigenvalue weighted by Gasteiger charge is -2.27. The molecule has 0 amide bonds. The Balaban J connectivity index is 1.50. The monoisotopic (exact) mass is 468 g/mol. The fraction of sp³-hybridized carbons (Fsp3) is 0.118. The predicted molar refractivity (Wildman–Crippen MR) is 155 cm³/mol. The van der Waals surface area contributed by atoms with Crippen molar-refractivity contribution in [3.05, 3.63) is 138 Å². The average molecular weight is 469 g/mol. The maximum absolute atomic E-state index is 2.34. The molecular weight excluding hydrogens is 436 g/mol. The van der Waals surface area contributed by atoms with Crippen LogP contribution in [0.3, 0.4) is 0 Å². The average Bonchev–Trinajstić information content (AvgIpc) is 2.91. The summed E-state index contributed by atoms with van der Waals surface area (Å²) in [5, 5.41) is 0. The van der Waals surface area contributed by atoms with Crippen LogP contribution < -0.4 is 9.80 Å². The molecule has 0 radical (unpaired) electrons. The van der Waals surface area contributed by atoms with E-state index in [9.17, 15) is 0 Å². The lowest BCUT2D eigenvalue weighted by atomic mass is 9.99. The van der Waals surface area contributed by atoms with Gasteiger partial charge >= 0.3 is 0 Å². The predicted octanol–water partition coefficient (Wildman–Crippen LogP) is 9.52. The lowest BCUT2D eigenvalue weighted by Crippen LogP contribution is -2.11. The molecule has 0 saturated heterocycles. The molecule has 5 aromatic carbocycles. The molecule has 36 heavy (non-hydrogen) atoms. The largest absolute Gasteiger partial charge is 0.344 e. The molecule has 0 bridgehead atoms. The van der Waals surface area contributed by atoms with E-state index in [4.69, 9.17) is 0 Å². The molecule has 0 fully saturated rings. The minimum absolute atomic E-state index is 1.15. The van der Waals surface area contributed by atoms with Crippen molar-refractivity contribution in [1.82, 2.24) is 0 Å². The van der Waals surface area contributed by atoms with Crippen LogP contribution in [0.4, 0.5) is 28.4 Å². The van der Waals surface area contributed by atoms with Crippen molar-refractivity contribution in [2.24, 2.45) is 0 Å². The first-order chi connectivity index (χ1) is 17.5. The second kappa shape index (κ2) is 10.1. The van der Waals surface area contributed by atoms with E-state index < -0.39 is 0 Å². The van der Waals surface area contributed by atoms with E-state index in [2.05, 4.69) is 159 Å². The first kappa shape index (κ1) is 23.4. The first-order valence-corrected chi connectivity index (χ1v) is 12.4. The molecule has 2 nitrogen and oxygen atoms in total. The third kappa shape index (κ3) is 4.76. The zero-order valence-electron chi connectivity index (χ0n) is 21.4. The number of hydrogen-bond donors (Lipinski definition) is 0. The van der Waals surface area contributed by atoms with Crippen LogP contribution in [0.25, 0.3) is 11.1 Å². The molecule has 0 aliphatic heterocycles. The highest BCUT2D eigenvalue weighted by Gasteiger charge is 2.15. The molecule has 0 aromatic heterocycles. The van der Waals surface area contributed by atoms with E-state index in [0.29, 0.717) is 0 Å². The Bertz CT molecular complexity index is 1460. The molecule has 5 rings (SSSR count). The number of aryl methyl sites for hydroxylation is 3. The SMILES string of the molecule is Cc1ccc(N(c2ccccc2)c2ccc(-c3ccc(N(C)c4ccccc4)c(C)c3)cc2C)cc1. The summed E-state index contributed by atoms with van der Waals surface area (Å²) in [4.78, 5) is 4.58. The Morgan fingerprint density at radius 2 is 0.917 bits per heavy atom. The number of rotatable bonds is 6. The Labute approximate surface area is 215 Å². The normalized spacial score (nSPS) is 10.8. The zero-order valence-corrected chi connectivity index (χ0v) is 21.4. The zero-order chi connectivity index (χ0) is 25.1. The van der Waals surface area contributed by atoms with Gasteiger partial charge in [-0.3, -0.25) is 0 Å². The van der Waals surface area contributed by atoms with Crippen molar-refractivity contribution >= 4 is 28.4 Å². The van der Waals surface area contributed by atoms with Crippen LogP contribution in [0.5, 0.6) is 0 Å². The van der Waals surface area contributed by atoms with Crippen molar-refractivity contribution in [3.63, 3.8) is 0 Å². The second-order valence-electron chi connectivity index (χ2n) is 9.40. The molecule has 0 aliphatic carbocycles. The Morgan fingerprint density at radius 1 is 0.444 bits per heavy atom. The highest BCUT2D eigenvalue weighted by Crippen LogP contribution is 2.38. The van der Waals surface area contributed by atoms with E-state index in [1.807, 2.05) is 0 Å². The van der Waals surface area contributed by atoms with Crippen molar-refractivity contribution in [3.8, 4) is 11.1 Å². The molecule has 0 N–H and O–H groups in total. The van der Waals surface area contributed by atoms with Gasteiger partial charge in [0.25, 0.3) is 0 Å². The van der Waals surface area contributed by atoms with Gasteiger partial charge in [0.2, 0.25) is 0 Å². The van der Waals surface area contributed by atoms with Gasteiger partial charge in [-0.25, -0.2) is 0 Å². The van der Waals surface area contributed by atoms with Crippen LogP contribution in [-0.2, 0) is 0 Å². The van der Waals surface area contributed by atoms with Gasteiger partial charge in [-0.2, -0.15) is 0 Å². The summed E-state index contributed by atoms with van der Waals surface area (Å²) in [5.74, 6) is 0. The Morgan fingerprint density at radius 3 is 1.44 bits per heavy atom. The van der Waals surface area contributed by atoms with Gasteiger partial charge in [-0.15, -0.1) is 0 Å². The topological polar surface area (TPSA) is 6.48 Å². The quantitative estimate of drug-likeness (QED) is 0.245. The van der Waals surface area contributed by atoms with Crippen LogP contribution in [0.1, 0.15) is 16.7 Å². The number of nitrogens with zero attached hydrogens (tertiary/aromatic N) is 2. The molecule has 0 spiro atoms. The summed E-state index contributed by atoms with van der Waals surface area (Å²) in [7, 11) is 2.12. The molecule has 2 heteroatoms. The molecule has 0 saturated carbocycles. The highest BCUT2D eigenvalue weighted by molar-refractivity contribution is 5.81. The van der Waals surface area contributed by atoms with E-state index in [1.54, 1.807) is 0 Å². The summed E-state index contributed by atoms with van der Waals surface area (Å²) >= 11 is 0. The van der Waals surface area contributed by atoms with Gasteiger partial charge in [-0.05, 0) is 104 Å². The van der Waals surface area contributed by atoms with Crippen LogP contribution in [0.15, 0.2) is 121 Å². The summed E-state index contributed by atoms with van der Waals surface area (Å²) in [5.41, 5.74) is 12.1. The summed E-state index contributed by atoms with van der Waals surface area (Å²) in [6, 6.07) is 43.3. The van der Waals surface area contributed by atoms with E-state index in [0.717, 1.165) is 11.4 Å². The first-order valence-electron chi connectivity index (χ1n) is 12.4. The van der Waals surface area contributed by atoms with Crippen molar-refractivity contribution in [2.45, 2.75) is 20.8 Å². The fourth-order valence-electron chi connectivity index (χ4n) is 4.79. The summed E-state index contributed by atoms with van der Waals surface area (Å²) in [6.45, 7) is 6.52. The number of anilines is 5. The summed E-state index contributed by atoms with van der Waals surface area (Å²) in [6.07, 6.45) is 0. The standard InChI is InChI=1S/C34H32N2/c1-25-15-19-32(20-16-25)36(31-13-9-6-10-14-31)34-22-18-29(24-27(34)3)28-17-21-33(26(2)23-28)35(4)30-11-7-5-8-12-30/h5-24H,1-4H3. The molecule has 178 valence electrons. The summed E-state index contributed by atoms with van der Waals surface area (Å²) < 4.78 is 0. The fourth-order valence-corrected chi connectivity index (χ4v) is 4.79. The van der Waals surface area contributed by atoms with E-state index >= 15 is 0 Å². The van der Waals surface area contributed by atoms with Gasteiger partial charge in [-0.1, -0.05) is 66.2 Å². The van der Waals surface area contributed by atoms with Gasteiger partial charge < -0.3 is 9.80 Å². The number of para-hydroxylation sites is 2. The van der Waals surface area contributed by atoms with Crippen LogP contribution in [0.2, 0.25) is 0 Å². The number of benzene rings is 5. The van der Waals surface area contributed by atoms with Crippen LogP contribution >= 0.6 is 0 Å².